The molecule has 127 heavy (non-hydrogen) atoms. The first kappa shape index (κ1) is 82.5. The van der Waals surface area contributed by atoms with Crippen LogP contribution >= 0.6 is 0 Å². The van der Waals surface area contributed by atoms with E-state index >= 15 is 0 Å². The van der Waals surface area contributed by atoms with Gasteiger partial charge in [-0.15, -0.1) is 0 Å². The summed E-state index contributed by atoms with van der Waals surface area (Å²) in [4.78, 5) is 34.4. The van der Waals surface area contributed by atoms with Crippen LogP contribution in [0.1, 0.15) is 296 Å². The molecule has 8 nitrogen and oxygen atoms in total. The molecule has 0 radical (unpaired) electrons. The average molecular weight is 1670 g/mol. The second-order valence-corrected chi connectivity index (χ2v) is 43.1. The molecule has 0 fully saturated rings. The van der Waals surface area contributed by atoms with Crippen molar-refractivity contribution in [1.29, 1.82) is 0 Å². The number of nitrogens with zero attached hydrogens (tertiary/aromatic N) is 4. The van der Waals surface area contributed by atoms with Crippen LogP contribution in [-0.4, -0.2) is 39.9 Å². The van der Waals surface area contributed by atoms with Gasteiger partial charge in [0.05, 0.1) is 22.8 Å². The van der Waals surface area contributed by atoms with Gasteiger partial charge in [0.2, 0.25) is 0 Å². The Hall–Kier alpha value is -11.5. The van der Waals surface area contributed by atoms with E-state index < -0.39 is 0 Å². The van der Waals surface area contributed by atoms with Crippen LogP contribution in [0.25, 0.3) is 133 Å². The lowest BCUT2D eigenvalue weighted by atomic mass is 9.77. The van der Waals surface area contributed by atoms with Crippen molar-refractivity contribution < 1.29 is 0 Å². The van der Waals surface area contributed by atoms with E-state index in [0.29, 0.717) is 29.6 Å². The first-order chi connectivity index (χ1) is 60.9. The van der Waals surface area contributed by atoms with Crippen molar-refractivity contribution in [3.8, 4) is 89.5 Å². The van der Waals surface area contributed by atoms with Crippen molar-refractivity contribution in [3.05, 3.63) is 305 Å². The van der Waals surface area contributed by atoms with Gasteiger partial charge in [0.1, 0.15) is 23.3 Å². The zero-order valence-electron chi connectivity index (χ0n) is 78.7. The van der Waals surface area contributed by atoms with E-state index in [1.54, 1.807) is 11.1 Å². The van der Waals surface area contributed by atoms with E-state index in [1.165, 1.54) is 233 Å². The summed E-state index contributed by atoms with van der Waals surface area (Å²) < 4.78 is 0. The predicted molar refractivity (Wildman–Crippen MR) is 534 cm³/mol. The van der Waals surface area contributed by atoms with Crippen LogP contribution in [-0.2, 0) is 119 Å². The van der Waals surface area contributed by atoms with Crippen molar-refractivity contribution in [3.63, 3.8) is 0 Å². The van der Waals surface area contributed by atoms with E-state index in [9.17, 15) is 0 Å². The van der Waals surface area contributed by atoms with Crippen LogP contribution in [0, 0.1) is 0 Å². The number of aromatic amines is 4. The molecular weight excluding hydrogens is 1540 g/mol. The molecule has 0 saturated carbocycles. The molecule has 8 aliphatic rings. The fourth-order valence-electron chi connectivity index (χ4n) is 22.3. The Morgan fingerprint density at radius 2 is 0.480 bits per heavy atom. The number of imidazole rings is 4. The number of aryl methyl sites for hydroxylation is 12. The molecule has 4 aromatic heterocycles. The third kappa shape index (κ3) is 14.7. The number of nitrogens with one attached hydrogen (secondary N) is 4. The molecule has 0 spiro atoms. The molecule has 0 atom stereocenters. The molecule has 0 amide bonds. The third-order valence-corrected chi connectivity index (χ3v) is 29.9. The van der Waals surface area contributed by atoms with Crippen LogP contribution in [0.3, 0.4) is 0 Å². The van der Waals surface area contributed by atoms with Crippen molar-refractivity contribution in [1.82, 2.24) is 39.9 Å². The van der Waals surface area contributed by atoms with Gasteiger partial charge in [0.15, 0.2) is 0 Å². The first-order valence-corrected chi connectivity index (χ1v) is 48.1. The minimum Gasteiger partial charge on any atom is -0.345 e. The van der Waals surface area contributed by atoms with Crippen LogP contribution in [0.4, 0.5) is 0 Å². The number of benzene rings is 12. The van der Waals surface area contributed by atoms with Gasteiger partial charge in [-0.2, -0.15) is 0 Å². The minimum absolute atomic E-state index is 0.177. The van der Waals surface area contributed by atoms with Crippen molar-refractivity contribution >= 4 is 43.1 Å². The summed E-state index contributed by atoms with van der Waals surface area (Å²) in [5.74, 6) is 6.76. The fraction of sp³-hybridized carbons (Fsp3) is 0.361. The second-order valence-electron chi connectivity index (χ2n) is 43.1. The lowest BCUT2D eigenvalue weighted by Crippen LogP contribution is -2.13. The van der Waals surface area contributed by atoms with Crippen molar-refractivity contribution in [2.45, 2.75) is 280 Å². The van der Waals surface area contributed by atoms with Gasteiger partial charge in [-0.05, 0) is 326 Å². The summed E-state index contributed by atoms with van der Waals surface area (Å²) in [6.45, 7) is 42.9. The molecule has 0 bridgehead atoms. The summed E-state index contributed by atoms with van der Waals surface area (Å²) in [6, 6.07) is 66.5. The molecule has 642 valence electrons. The highest BCUT2D eigenvalue weighted by atomic mass is 15.0. The van der Waals surface area contributed by atoms with Crippen LogP contribution in [0.2, 0.25) is 0 Å². The standard InChI is InChI=1S/3C30H32N2.C29H30N2/c1-17(2)29-31-27-13-12-23-22-9-7-19-14-20-15-21(30(3,4)5)8-6-18(20)16-26(19)24(22)10-11-25(23)28(27)32-29;1-17(2)29-31-27-15-14-25-24-11-10-21-20-9-7-19(30(3,4)5)16-18(20)6-8-22(21)23(24)12-13-26(25)28(27)32-29;1-17(2)29-31-27-11-9-21-15-25-20(16-26(21)28(27)32-29)7-6-19-12-22-13-23(30(3,4)5)10-8-18(22)14-24(19)25;1-16(2)18-5-9-22-19(13-18)6-11-24-23(22)10-7-20-15-26-21(14-25(20)24)8-12-27-28(26)31-29(30-27)17(3)4/h6,8,10-11,14-17H,7,9,12-13H2,1-5H3,(H,31,32);6-9,12-13,16-17H,10-11,14-15H2,1-5H3,(H,31,32);8,10,12-17H,6-7,9,11H2,1-5H3,(H,31,32);5-6,9,11,13-17H,7-8,10,12H2,1-4H3,(H,30,31). The SMILES string of the molecule is CC(C)c1ccc2c3c(ccc2c1)-c1cc2c(cc1CC3)-c1nc(C(C)C)[nH]c1CC2.CC(C)c1nc2c([nH]1)CCc1c-2ccc2c1CCc1c-2ccc2cc(C(C)(C)C)ccc12.CC(C)c1nc2c([nH]1)CCc1c-2ccc2c1CCc1cc3cc(C(C)(C)C)ccc3cc1-2.CC(C)c1nc2c([nH]1)CCc1cc3c(cc1-2)CCc1cc2cc(C(C)(C)C)ccc2cc1-3. The largest absolute Gasteiger partial charge is 0.345 e. The molecule has 4 N–H and O–H groups in total. The van der Waals surface area contributed by atoms with Crippen LogP contribution in [0.5, 0.6) is 0 Å². The molecule has 0 saturated heterocycles. The van der Waals surface area contributed by atoms with Gasteiger partial charge in [-0.3, -0.25) is 0 Å². The lowest BCUT2D eigenvalue weighted by Gasteiger charge is -2.28. The van der Waals surface area contributed by atoms with Crippen molar-refractivity contribution in [2.75, 3.05) is 0 Å². The molecule has 8 aliphatic carbocycles. The number of aromatic nitrogens is 8. The van der Waals surface area contributed by atoms with Crippen molar-refractivity contribution in [2.24, 2.45) is 0 Å². The Morgan fingerprint density at radius 1 is 0.213 bits per heavy atom. The van der Waals surface area contributed by atoms with Gasteiger partial charge >= 0.3 is 0 Å². The quantitative estimate of drug-likeness (QED) is 0.137. The Morgan fingerprint density at radius 3 is 0.921 bits per heavy atom. The first-order valence-electron chi connectivity index (χ1n) is 48.1. The smallest absolute Gasteiger partial charge is 0.109 e. The Bertz CT molecular complexity index is 6890. The third-order valence-electron chi connectivity index (χ3n) is 29.9. The lowest BCUT2D eigenvalue weighted by molar-refractivity contribution is 0.591. The van der Waals surface area contributed by atoms with Crippen LogP contribution < -0.4 is 0 Å². The molecule has 0 aliphatic heterocycles. The maximum absolute atomic E-state index is 5.00. The normalized spacial score (nSPS) is 14.7. The fourth-order valence-corrected chi connectivity index (χ4v) is 22.3. The predicted octanol–water partition coefficient (Wildman–Crippen LogP) is 29.9. The number of hydrogen-bond acceptors (Lipinski definition) is 4. The van der Waals surface area contributed by atoms with Gasteiger partial charge in [0, 0.05) is 68.7 Å². The average Bonchev–Trinajstić information content (AvgIpc) is 1.73. The summed E-state index contributed by atoms with van der Waals surface area (Å²) in [7, 11) is 0. The van der Waals surface area contributed by atoms with Gasteiger partial charge in [-0.1, -0.05) is 277 Å². The zero-order chi connectivity index (χ0) is 87.9. The summed E-state index contributed by atoms with van der Waals surface area (Å²) in [5, 5.41) is 11.1. The Balaban J connectivity index is 0.000000103. The number of hydrogen-bond donors (Lipinski definition) is 4. The monoisotopic (exact) mass is 1670 g/mol. The Kier molecular flexibility index (Phi) is 20.3. The maximum atomic E-state index is 5.00. The number of H-pyrrole nitrogens is 4. The summed E-state index contributed by atoms with van der Waals surface area (Å²) in [5.41, 5.74) is 51.2. The highest BCUT2D eigenvalue weighted by Crippen LogP contribution is 2.51. The van der Waals surface area contributed by atoms with E-state index in [2.05, 4.69) is 321 Å². The summed E-state index contributed by atoms with van der Waals surface area (Å²) >= 11 is 0. The molecule has 0 unspecified atom stereocenters. The van der Waals surface area contributed by atoms with Gasteiger partial charge in [0.25, 0.3) is 0 Å². The van der Waals surface area contributed by atoms with Crippen LogP contribution in [0.15, 0.2) is 170 Å². The topological polar surface area (TPSA) is 115 Å². The van der Waals surface area contributed by atoms with Gasteiger partial charge < -0.3 is 19.9 Å². The molecular formula is C119H126N8. The summed E-state index contributed by atoms with van der Waals surface area (Å²) in [6.07, 6.45) is 17.6. The minimum atomic E-state index is 0.177. The molecule has 4 heterocycles. The molecule has 16 aromatic rings. The number of rotatable bonds is 5. The maximum Gasteiger partial charge on any atom is 0.109 e. The van der Waals surface area contributed by atoms with E-state index in [4.69, 9.17) is 19.9 Å². The molecule has 24 rings (SSSR count). The highest BCUT2D eigenvalue weighted by Gasteiger charge is 2.34. The van der Waals surface area contributed by atoms with E-state index in [1.807, 2.05) is 0 Å². The second kappa shape index (κ2) is 31.2. The Labute approximate surface area is 752 Å². The number of fused-ring (bicyclic) bond motifs is 32. The van der Waals surface area contributed by atoms with E-state index in [-0.39, 0.29) is 16.2 Å². The van der Waals surface area contributed by atoms with Gasteiger partial charge in [-0.25, -0.2) is 19.9 Å². The highest BCUT2D eigenvalue weighted by molar-refractivity contribution is 5.98. The zero-order valence-corrected chi connectivity index (χ0v) is 78.7. The molecule has 8 heteroatoms. The van der Waals surface area contributed by atoms with E-state index in [0.717, 1.165) is 126 Å². The molecule has 12 aromatic carbocycles.